The minimum atomic E-state index is -1.60. The summed E-state index contributed by atoms with van der Waals surface area (Å²) in [4.78, 5) is 144. The molecule has 0 aromatic heterocycles. The molecular formula is C53H88N10O12. The summed E-state index contributed by atoms with van der Waals surface area (Å²) >= 11 is 0. The normalized spacial score (nSPS) is 25.6. The predicted octanol–water partition coefficient (Wildman–Crippen LogP) is -0.0163. The van der Waals surface area contributed by atoms with Crippen molar-refractivity contribution in [3.05, 3.63) is 35.9 Å². The van der Waals surface area contributed by atoms with Crippen molar-refractivity contribution in [3.63, 3.8) is 0 Å². The summed E-state index contributed by atoms with van der Waals surface area (Å²) < 4.78 is 0. The third kappa shape index (κ3) is 20.5. The number of carbonyl (C=O) groups is 10. The van der Waals surface area contributed by atoms with Gasteiger partial charge in [0.05, 0.1) is 25.8 Å². The van der Waals surface area contributed by atoms with Gasteiger partial charge in [-0.3, -0.25) is 47.9 Å². The third-order valence-electron chi connectivity index (χ3n) is 13.2. The maximum Gasteiger partial charge on any atom is 0.246 e. The van der Waals surface area contributed by atoms with Crippen LogP contribution in [0.4, 0.5) is 0 Å². The first-order valence-corrected chi connectivity index (χ1v) is 26.2. The van der Waals surface area contributed by atoms with Crippen molar-refractivity contribution >= 4 is 59.1 Å². The molecule has 1 aromatic carbocycles. The topological polar surface area (TPSA) is 305 Å². The summed E-state index contributed by atoms with van der Waals surface area (Å²) in [7, 11) is 4.05. The molecule has 9 N–H and O–H groups in total. The molecule has 0 bridgehead atoms. The van der Waals surface area contributed by atoms with Crippen LogP contribution in [-0.2, 0) is 54.4 Å². The van der Waals surface area contributed by atoms with Crippen molar-refractivity contribution in [2.75, 3.05) is 40.8 Å². The highest BCUT2D eigenvalue weighted by atomic mass is 16.3. The second-order valence-electron chi connectivity index (χ2n) is 21.6. The number of aliphatic hydroxyl groups excluding tert-OH is 2. The Morgan fingerprint density at radius 3 is 1.39 bits per heavy atom. The lowest BCUT2D eigenvalue weighted by Crippen LogP contribution is -2.62. The van der Waals surface area contributed by atoms with E-state index in [1.54, 1.807) is 58.0 Å². The Hall–Kier alpha value is -6.16. The van der Waals surface area contributed by atoms with Gasteiger partial charge in [0.1, 0.15) is 48.3 Å². The highest BCUT2D eigenvalue weighted by Crippen LogP contribution is 2.20. The quantitative estimate of drug-likeness (QED) is 0.119. The van der Waals surface area contributed by atoms with Crippen molar-refractivity contribution in [2.45, 2.75) is 169 Å². The van der Waals surface area contributed by atoms with Crippen LogP contribution in [0.25, 0.3) is 0 Å². The SMILES string of the molecule is CC[C@H](C)[C@@H]1NC(=O)[C@H]([C@@H](C)O)N(C)C(=O)[C@H](Cc2ccccc2)NC(=O)CNC(=O)[C@@H](CC(C)C)N(C)C(=O)[C@H](CC(C)C)NC(=O)[C@H](CO)NC(=O)[C@H](CC(C)C)NC(=O)CNC(=O)[C@H](CC(C)C)N(C)C1=O. The number of amides is 10. The Morgan fingerprint density at radius 1 is 0.507 bits per heavy atom. The van der Waals surface area contributed by atoms with Crippen LogP contribution in [0.2, 0.25) is 0 Å². The summed E-state index contributed by atoms with van der Waals surface area (Å²) in [6.07, 6.45) is -0.793. The maximum absolute atomic E-state index is 14.5. The van der Waals surface area contributed by atoms with Crippen molar-refractivity contribution in [2.24, 2.45) is 29.6 Å². The van der Waals surface area contributed by atoms with Gasteiger partial charge < -0.3 is 62.1 Å². The number of aliphatic hydroxyl groups is 2. The third-order valence-corrected chi connectivity index (χ3v) is 13.2. The second kappa shape index (κ2) is 31.0. The van der Waals surface area contributed by atoms with Gasteiger partial charge in [-0.25, -0.2) is 0 Å². The fourth-order valence-electron chi connectivity index (χ4n) is 8.82. The molecule has 10 atom stereocenters. The van der Waals surface area contributed by atoms with E-state index in [2.05, 4.69) is 37.2 Å². The number of hydrogen-bond acceptors (Lipinski definition) is 12. The van der Waals surface area contributed by atoms with Gasteiger partial charge in [-0.05, 0) is 67.8 Å². The number of likely N-dealkylation sites (N-methyl/N-ethyl adjacent to an activating group) is 3. The highest BCUT2D eigenvalue weighted by Gasteiger charge is 2.41. The van der Waals surface area contributed by atoms with Crippen LogP contribution in [0, 0.1) is 29.6 Å². The Morgan fingerprint density at radius 2 is 0.933 bits per heavy atom. The van der Waals surface area contributed by atoms with E-state index in [9.17, 15) is 58.2 Å². The predicted molar refractivity (Wildman–Crippen MR) is 282 cm³/mol. The van der Waals surface area contributed by atoms with E-state index < -0.39 is 139 Å². The van der Waals surface area contributed by atoms with E-state index in [4.69, 9.17) is 0 Å². The molecule has 0 spiro atoms. The molecule has 1 aliphatic heterocycles. The summed E-state index contributed by atoms with van der Waals surface area (Å²) in [6, 6.07) is -1.97. The molecule has 2 rings (SSSR count). The van der Waals surface area contributed by atoms with Crippen molar-refractivity contribution < 1.29 is 58.2 Å². The molecule has 22 nitrogen and oxygen atoms in total. The van der Waals surface area contributed by atoms with Gasteiger partial charge in [-0.2, -0.15) is 0 Å². The minimum absolute atomic E-state index is 0.0763. The van der Waals surface area contributed by atoms with Crippen LogP contribution in [0.15, 0.2) is 30.3 Å². The molecule has 0 aliphatic carbocycles. The molecule has 1 heterocycles. The smallest absolute Gasteiger partial charge is 0.246 e. The van der Waals surface area contributed by atoms with Crippen LogP contribution in [0.5, 0.6) is 0 Å². The lowest BCUT2D eigenvalue weighted by molar-refractivity contribution is -0.148. The van der Waals surface area contributed by atoms with Gasteiger partial charge in [-0.15, -0.1) is 0 Å². The number of nitrogens with zero attached hydrogens (tertiary/aromatic N) is 3. The molecule has 22 heteroatoms. The van der Waals surface area contributed by atoms with E-state index in [0.717, 1.165) is 4.90 Å². The maximum atomic E-state index is 14.5. The van der Waals surface area contributed by atoms with Crippen LogP contribution in [-0.4, -0.2) is 179 Å². The van der Waals surface area contributed by atoms with Gasteiger partial charge >= 0.3 is 0 Å². The molecule has 422 valence electrons. The first-order valence-electron chi connectivity index (χ1n) is 26.2. The van der Waals surface area contributed by atoms with Crippen LogP contribution >= 0.6 is 0 Å². The average molecular weight is 1060 g/mol. The summed E-state index contributed by atoms with van der Waals surface area (Å²) in [5.41, 5.74) is 0.623. The van der Waals surface area contributed by atoms with Gasteiger partial charge in [0.2, 0.25) is 59.1 Å². The van der Waals surface area contributed by atoms with Gasteiger partial charge in [0.15, 0.2) is 0 Å². The molecule has 10 amide bonds. The van der Waals surface area contributed by atoms with Crippen LogP contribution in [0.1, 0.15) is 114 Å². The number of hydrogen-bond donors (Lipinski definition) is 9. The van der Waals surface area contributed by atoms with E-state index in [1.165, 1.54) is 37.9 Å². The van der Waals surface area contributed by atoms with Crippen molar-refractivity contribution in [3.8, 4) is 0 Å². The standard InChI is InChI=1S/C53H88N10O12/c1-15-33(10)44-53(75)62(13)41(24-32(8)9)49(71)54-26-42(66)56-36(21-29(2)3)46(68)59-39(28-64)47(69)58-37(22-30(4)5)51(73)61(12)40(23-31(6)7)48(70)55-27-43(67)57-38(25-35-19-17-16-18-20-35)52(74)63(14)45(34(11)65)50(72)60-44/h16-20,29-34,36-41,44-45,64-65H,15,21-28H2,1-14H3,(H,54,71)(H,55,70)(H,56,66)(H,57,67)(H,58,69)(H,59,68)(H,60,72)/t33-,34+,36-,37-,38-,39-,40+,41-,44-,45-/m0/s1. The van der Waals surface area contributed by atoms with E-state index in [1.807, 2.05) is 41.5 Å². The van der Waals surface area contributed by atoms with Crippen LogP contribution < -0.4 is 37.2 Å². The molecule has 1 fully saturated rings. The summed E-state index contributed by atoms with van der Waals surface area (Å²) in [6.45, 7) is 17.2. The van der Waals surface area contributed by atoms with E-state index in [0.29, 0.717) is 12.0 Å². The Labute approximate surface area is 443 Å². The van der Waals surface area contributed by atoms with Gasteiger partial charge in [-0.1, -0.05) is 106 Å². The molecule has 0 radical (unpaired) electrons. The summed E-state index contributed by atoms with van der Waals surface area (Å²) in [5, 5.41) is 39.8. The van der Waals surface area contributed by atoms with Crippen molar-refractivity contribution in [1.29, 1.82) is 0 Å². The Balaban J connectivity index is 2.80. The molecule has 0 unspecified atom stereocenters. The zero-order valence-corrected chi connectivity index (χ0v) is 46.7. The Bertz CT molecular complexity index is 2100. The molecule has 1 aliphatic rings. The highest BCUT2D eigenvalue weighted by molar-refractivity contribution is 5.99. The van der Waals surface area contributed by atoms with E-state index in [-0.39, 0.29) is 55.8 Å². The lowest BCUT2D eigenvalue weighted by Gasteiger charge is -2.36. The average Bonchev–Trinajstić information content (AvgIpc) is 3.33. The number of carbonyl (C=O) groups excluding carboxylic acids is 10. The van der Waals surface area contributed by atoms with Gasteiger partial charge in [0.25, 0.3) is 0 Å². The molecule has 0 saturated carbocycles. The second-order valence-corrected chi connectivity index (χ2v) is 21.6. The number of benzene rings is 1. The first kappa shape index (κ1) is 65.0. The minimum Gasteiger partial charge on any atom is -0.394 e. The van der Waals surface area contributed by atoms with Crippen LogP contribution in [0.3, 0.4) is 0 Å². The largest absolute Gasteiger partial charge is 0.394 e. The zero-order chi connectivity index (χ0) is 57.0. The number of rotatable bonds is 14. The fraction of sp³-hybridized carbons (Fsp3) is 0.698. The van der Waals surface area contributed by atoms with Gasteiger partial charge in [0, 0.05) is 27.6 Å². The monoisotopic (exact) mass is 1060 g/mol. The zero-order valence-electron chi connectivity index (χ0n) is 46.7. The van der Waals surface area contributed by atoms with E-state index >= 15 is 0 Å². The molecular weight excluding hydrogens is 969 g/mol. The fourth-order valence-corrected chi connectivity index (χ4v) is 8.82. The first-order chi connectivity index (χ1) is 35.0. The lowest BCUT2D eigenvalue weighted by atomic mass is 9.95. The molecule has 1 saturated heterocycles. The van der Waals surface area contributed by atoms with Crippen molar-refractivity contribution in [1.82, 2.24) is 51.9 Å². The summed E-state index contributed by atoms with van der Waals surface area (Å²) in [5.74, 6) is -9.00. The Kier molecular flexibility index (Phi) is 26.9. The molecule has 75 heavy (non-hydrogen) atoms. The number of nitrogens with one attached hydrogen (secondary N) is 7. The molecule has 1 aromatic rings.